The second kappa shape index (κ2) is 11.4. The zero-order valence-corrected chi connectivity index (χ0v) is 22.6. The molecule has 1 unspecified atom stereocenters. The fraction of sp³-hybridized carbons (Fsp3) is 0.296. The molecular formula is C27H26F3N6O3S-. The molecule has 5 rings (SSSR count). The second-order valence-corrected chi connectivity index (χ2v) is 10.4. The summed E-state index contributed by atoms with van der Waals surface area (Å²) in [5, 5.41) is 4.58. The Morgan fingerprint density at radius 3 is 2.73 bits per heavy atom. The molecule has 1 saturated heterocycles. The lowest BCUT2D eigenvalue weighted by Gasteiger charge is -2.34. The number of pyridine rings is 1. The highest BCUT2D eigenvalue weighted by atomic mass is 32.2. The normalized spacial score (nSPS) is 16.4. The molecule has 2 aromatic heterocycles. The third kappa shape index (κ3) is 5.44. The van der Waals surface area contributed by atoms with Crippen LogP contribution < -0.4 is 15.3 Å². The summed E-state index contributed by atoms with van der Waals surface area (Å²) < 4.78 is 70.3. The van der Waals surface area contributed by atoms with Crippen LogP contribution in [0.1, 0.15) is 17.5 Å². The maximum Gasteiger partial charge on any atom is 0.260 e. The van der Waals surface area contributed by atoms with Crippen molar-refractivity contribution in [3.63, 3.8) is 0 Å². The first kappa shape index (κ1) is 27.7. The van der Waals surface area contributed by atoms with Crippen molar-refractivity contribution in [3.8, 4) is 11.1 Å². The average molecular weight is 572 g/mol. The van der Waals surface area contributed by atoms with Gasteiger partial charge in [0.15, 0.2) is 5.82 Å². The highest BCUT2D eigenvalue weighted by molar-refractivity contribution is 7.80. The lowest BCUT2D eigenvalue weighted by atomic mass is 10.0. The van der Waals surface area contributed by atoms with E-state index in [9.17, 15) is 17.9 Å². The Hall–Kier alpha value is -3.81. The number of anilines is 2. The molecule has 1 aliphatic rings. The number of alkyl halides is 1. The van der Waals surface area contributed by atoms with Gasteiger partial charge in [-0.05, 0) is 43.5 Å². The molecule has 0 aliphatic carbocycles. The van der Waals surface area contributed by atoms with Gasteiger partial charge < -0.3 is 9.87 Å². The molecule has 0 radical (unpaired) electrons. The van der Waals surface area contributed by atoms with E-state index in [0.29, 0.717) is 16.3 Å². The molecule has 1 fully saturated rings. The number of halogens is 3. The summed E-state index contributed by atoms with van der Waals surface area (Å²) >= 11 is -3.02. The van der Waals surface area contributed by atoms with Gasteiger partial charge in [-0.15, -0.1) is 0 Å². The Bertz CT molecular complexity index is 1670. The van der Waals surface area contributed by atoms with Gasteiger partial charge in [0.2, 0.25) is 5.95 Å². The van der Waals surface area contributed by atoms with Gasteiger partial charge in [0.1, 0.15) is 23.3 Å². The molecule has 0 saturated carbocycles. The SMILES string of the molecule is Cc1cccc(CCNc2ncc3cc(-c4c(F)ccc(N(N5CC[C@@H](F)C5)S(=O)[O-])c4F)c(=O)n(C)c3n2)c1. The van der Waals surface area contributed by atoms with Crippen LogP contribution in [0.2, 0.25) is 0 Å². The number of rotatable bonds is 8. The number of benzene rings is 2. The largest absolute Gasteiger partial charge is 0.754 e. The Balaban J connectivity index is 1.48. The minimum Gasteiger partial charge on any atom is -0.754 e. The van der Waals surface area contributed by atoms with Crippen LogP contribution in [0, 0.1) is 18.6 Å². The first-order valence-corrected chi connectivity index (χ1v) is 13.6. The molecule has 0 amide bonds. The second-order valence-electron chi connectivity index (χ2n) is 9.60. The van der Waals surface area contributed by atoms with E-state index in [1.165, 1.54) is 19.3 Å². The number of hydrazine groups is 1. The molecule has 4 aromatic rings. The summed E-state index contributed by atoms with van der Waals surface area (Å²) in [6.45, 7) is 2.32. The van der Waals surface area contributed by atoms with Crippen molar-refractivity contribution >= 4 is 33.9 Å². The topological polar surface area (TPSA) is 106 Å². The predicted octanol–water partition coefficient (Wildman–Crippen LogP) is 3.80. The standard InChI is InChI=1S/C27H27F3N6O3S/c1-16-4-3-5-17(12-16)8-10-31-27-32-14-18-13-20(26(37)34(2)25(18)33-27)23-21(29)6-7-22(24(23)30)36(40(38)39)35-11-9-19(28)15-35/h3-7,12-14,19H,8-11,15H2,1-2H3,(H,38,39)(H,31,32,33)/p-1/t19-/m1/s1. The van der Waals surface area contributed by atoms with Crippen LogP contribution in [0.25, 0.3) is 22.2 Å². The minimum atomic E-state index is -3.02. The van der Waals surface area contributed by atoms with Gasteiger partial charge in [0, 0.05) is 31.7 Å². The first-order valence-electron chi connectivity index (χ1n) is 12.6. The highest BCUT2D eigenvalue weighted by Crippen LogP contribution is 2.34. The number of nitrogens with zero attached hydrogens (tertiary/aromatic N) is 5. The van der Waals surface area contributed by atoms with Gasteiger partial charge >= 0.3 is 0 Å². The molecule has 40 heavy (non-hydrogen) atoms. The van der Waals surface area contributed by atoms with Gasteiger partial charge in [-0.25, -0.2) is 27.6 Å². The zero-order chi connectivity index (χ0) is 28.6. The van der Waals surface area contributed by atoms with E-state index in [0.717, 1.165) is 39.3 Å². The minimum absolute atomic E-state index is 0.0255. The highest BCUT2D eigenvalue weighted by Gasteiger charge is 2.31. The van der Waals surface area contributed by atoms with Crippen LogP contribution in [-0.2, 0) is 24.7 Å². The molecule has 1 aliphatic heterocycles. The quantitative estimate of drug-likeness (QED) is 0.321. The molecule has 0 bridgehead atoms. The predicted molar refractivity (Wildman–Crippen MR) is 146 cm³/mol. The van der Waals surface area contributed by atoms with Gasteiger partial charge in [-0.3, -0.25) is 13.6 Å². The van der Waals surface area contributed by atoms with E-state index in [2.05, 4.69) is 21.4 Å². The van der Waals surface area contributed by atoms with Crippen molar-refractivity contribution in [1.29, 1.82) is 0 Å². The van der Waals surface area contributed by atoms with E-state index in [-0.39, 0.29) is 36.7 Å². The number of aromatic nitrogens is 3. The van der Waals surface area contributed by atoms with E-state index < -0.39 is 45.9 Å². The Morgan fingerprint density at radius 2 is 2.02 bits per heavy atom. The van der Waals surface area contributed by atoms with Crippen molar-refractivity contribution in [2.75, 3.05) is 29.4 Å². The summed E-state index contributed by atoms with van der Waals surface area (Å²) in [5.74, 6) is -2.04. The van der Waals surface area contributed by atoms with Crippen LogP contribution in [0.15, 0.2) is 53.5 Å². The molecule has 9 nitrogen and oxygen atoms in total. The Morgan fingerprint density at radius 1 is 1.23 bits per heavy atom. The van der Waals surface area contributed by atoms with Crippen molar-refractivity contribution < 1.29 is 21.9 Å². The van der Waals surface area contributed by atoms with Gasteiger partial charge in [-0.1, -0.05) is 29.8 Å². The van der Waals surface area contributed by atoms with Crippen LogP contribution in [0.4, 0.5) is 24.8 Å². The molecule has 3 heterocycles. The van der Waals surface area contributed by atoms with Gasteiger partial charge in [-0.2, -0.15) is 4.98 Å². The summed E-state index contributed by atoms with van der Waals surface area (Å²) in [4.78, 5) is 22.0. The first-order chi connectivity index (χ1) is 19.1. The molecule has 13 heteroatoms. The fourth-order valence-corrected chi connectivity index (χ4v) is 5.46. The zero-order valence-electron chi connectivity index (χ0n) is 21.7. The number of hydrogen-bond acceptors (Lipinski definition) is 7. The maximum absolute atomic E-state index is 15.8. The smallest absolute Gasteiger partial charge is 0.260 e. The van der Waals surface area contributed by atoms with E-state index in [1.807, 2.05) is 25.1 Å². The summed E-state index contributed by atoms with van der Waals surface area (Å²) in [6, 6.07) is 11.2. The van der Waals surface area contributed by atoms with Gasteiger partial charge in [0.05, 0.1) is 28.9 Å². The Kier molecular flexibility index (Phi) is 7.88. The molecule has 210 valence electrons. The molecule has 0 spiro atoms. The van der Waals surface area contributed by atoms with Crippen LogP contribution >= 0.6 is 0 Å². The number of nitrogens with one attached hydrogen (secondary N) is 1. The number of hydrogen-bond donors (Lipinski definition) is 1. The third-order valence-corrected chi connectivity index (χ3v) is 7.49. The van der Waals surface area contributed by atoms with Gasteiger partial charge in [0.25, 0.3) is 5.56 Å². The van der Waals surface area contributed by atoms with Crippen LogP contribution in [0.5, 0.6) is 0 Å². The van der Waals surface area contributed by atoms with Crippen molar-refractivity contribution in [3.05, 3.63) is 81.8 Å². The molecule has 1 N–H and O–H groups in total. The van der Waals surface area contributed by atoms with E-state index in [4.69, 9.17) is 0 Å². The summed E-state index contributed by atoms with van der Waals surface area (Å²) in [5.41, 5.74) is 0.236. The van der Waals surface area contributed by atoms with E-state index in [1.54, 1.807) is 0 Å². The molecular weight excluding hydrogens is 545 g/mol. The molecule has 2 atom stereocenters. The third-order valence-electron chi connectivity index (χ3n) is 6.78. The van der Waals surface area contributed by atoms with Crippen molar-refractivity contribution in [2.45, 2.75) is 25.9 Å². The fourth-order valence-electron chi connectivity index (χ4n) is 4.83. The average Bonchev–Trinajstić information content (AvgIpc) is 3.34. The lowest BCUT2D eigenvalue weighted by molar-refractivity contribution is 0.293. The summed E-state index contributed by atoms with van der Waals surface area (Å²) in [7, 11) is 1.42. The van der Waals surface area contributed by atoms with Crippen LogP contribution in [-0.4, -0.2) is 54.1 Å². The molecule has 2 aromatic carbocycles. The van der Waals surface area contributed by atoms with Crippen LogP contribution in [0.3, 0.4) is 0 Å². The summed E-state index contributed by atoms with van der Waals surface area (Å²) in [6.07, 6.45) is 0.940. The monoisotopic (exact) mass is 571 g/mol. The van der Waals surface area contributed by atoms with E-state index >= 15 is 8.78 Å². The van der Waals surface area contributed by atoms with Crippen molar-refractivity contribution in [1.82, 2.24) is 19.5 Å². The Labute approximate surface area is 230 Å². The lowest BCUT2D eigenvalue weighted by Crippen LogP contribution is -2.43. The van der Waals surface area contributed by atoms with Crippen molar-refractivity contribution in [2.24, 2.45) is 7.05 Å². The number of fused-ring (bicyclic) bond motifs is 1. The number of aryl methyl sites for hydroxylation is 2. The maximum atomic E-state index is 15.8.